The van der Waals surface area contributed by atoms with Crippen molar-refractivity contribution >= 4 is 23.0 Å². The van der Waals surface area contributed by atoms with Crippen LogP contribution in [-0.4, -0.2) is 10.8 Å². The third-order valence-corrected chi connectivity index (χ3v) is 3.20. The second-order valence-corrected chi connectivity index (χ2v) is 5.03. The zero-order valence-electron chi connectivity index (χ0n) is 9.62. The smallest absolute Gasteiger partial charge is 0.184 e. The van der Waals surface area contributed by atoms with E-state index in [0.29, 0.717) is 0 Å². The molecular formula is C11H21N3S. The van der Waals surface area contributed by atoms with Gasteiger partial charge in [-0.15, -0.1) is 0 Å². The highest BCUT2D eigenvalue weighted by atomic mass is 32.1. The number of hydrogen-bond acceptors (Lipinski definition) is 2. The fourth-order valence-electron chi connectivity index (χ4n) is 2.10. The van der Waals surface area contributed by atoms with Crippen molar-refractivity contribution in [3.05, 3.63) is 0 Å². The molecule has 0 bridgehead atoms. The summed E-state index contributed by atoms with van der Waals surface area (Å²) in [6, 6.07) is 0. The van der Waals surface area contributed by atoms with E-state index in [4.69, 9.17) is 18.0 Å². The van der Waals surface area contributed by atoms with Crippen molar-refractivity contribution in [2.75, 3.05) is 0 Å². The molecule has 1 atom stereocenters. The second kappa shape index (κ2) is 6.05. The van der Waals surface area contributed by atoms with Gasteiger partial charge in [-0.05, 0) is 56.2 Å². The number of nitrogens with one attached hydrogen (secondary N) is 1. The van der Waals surface area contributed by atoms with Crippen molar-refractivity contribution in [3.8, 4) is 0 Å². The molecule has 3 nitrogen and oxygen atoms in total. The summed E-state index contributed by atoms with van der Waals surface area (Å²) < 4.78 is 0. The number of rotatable bonds is 2. The molecular weight excluding hydrogens is 206 g/mol. The fourth-order valence-corrected chi connectivity index (χ4v) is 2.15. The van der Waals surface area contributed by atoms with Crippen LogP contribution in [0.3, 0.4) is 0 Å². The highest BCUT2D eigenvalue weighted by Crippen LogP contribution is 2.27. The van der Waals surface area contributed by atoms with Crippen molar-refractivity contribution in [2.24, 2.45) is 22.7 Å². The standard InChI is InChI=1S/C11H21N3S/c1-8(2)9-4-3-5-10(7-6-9)13-14-11(12)15/h8-9H,3-7H2,1-2H3,(H3,12,14,15). The Morgan fingerprint density at radius 1 is 1.47 bits per heavy atom. The van der Waals surface area contributed by atoms with Gasteiger partial charge in [0.15, 0.2) is 5.11 Å². The van der Waals surface area contributed by atoms with Gasteiger partial charge in [-0.1, -0.05) is 13.8 Å². The summed E-state index contributed by atoms with van der Waals surface area (Å²) in [7, 11) is 0. The van der Waals surface area contributed by atoms with E-state index in [1.807, 2.05) is 0 Å². The normalized spacial score (nSPS) is 25.3. The molecule has 0 heterocycles. The monoisotopic (exact) mass is 227 g/mol. The van der Waals surface area contributed by atoms with E-state index in [-0.39, 0.29) is 5.11 Å². The lowest BCUT2D eigenvalue weighted by atomic mass is 9.89. The summed E-state index contributed by atoms with van der Waals surface area (Å²) in [6.07, 6.45) is 5.97. The molecule has 0 aromatic carbocycles. The summed E-state index contributed by atoms with van der Waals surface area (Å²) in [5.74, 6) is 1.63. The van der Waals surface area contributed by atoms with Gasteiger partial charge in [-0.2, -0.15) is 5.10 Å². The zero-order valence-corrected chi connectivity index (χ0v) is 10.4. The topological polar surface area (TPSA) is 50.4 Å². The molecule has 0 radical (unpaired) electrons. The van der Waals surface area contributed by atoms with Crippen LogP contribution in [0.2, 0.25) is 0 Å². The predicted molar refractivity (Wildman–Crippen MR) is 68.8 cm³/mol. The molecule has 15 heavy (non-hydrogen) atoms. The largest absolute Gasteiger partial charge is 0.375 e. The van der Waals surface area contributed by atoms with Crippen LogP contribution in [0.1, 0.15) is 46.0 Å². The first-order chi connectivity index (χ1) is 7.09. The average Bonchev–Trinajstić information content (AvgIpc) is 2.39. The zero-order chi connectivity index (χ0) is 11.3. The van der Waals surface area contributed by atoms with Crippen molar-refractivity contribution in [3.63, 3.8) is 0 Å². The summed E-state index contributed by atoms with van der Waals surface area (Å²) >= 11 is 4.72. The molecule has 1 aliphatic rings. The maximum absolute atomic E-state index is 5.34. The van der Waals surface area contributed by atoms with E-state index in [9.17, 15) is 0 Å². The van der Waals surface area contributed by atoms with E-state index < -0.39 is 0 Å². The molecule has 1 fully saturated rings. The van der Waals surface area contributed by atoms with E-state index in [2.05, 4.69) is 24.4 Å². The van der Waals surface area contributed by atoms with Gasteiger partial charge in [0, 0.05) is 5.71 Å². The van der Waals surface area contributed by atoms with Crippen LogP contribution < -0.4 is 11.2 Å². The molecule has 86 valence electrons. The fraction of sp³-hybridized carbons (Fsp3) is 0.818. The lowest BCUT2D eigenvalue weighted by Crippen LogP contribution is -2.25. The molecule has 0 aromatic rings. The molecule has 1 aliphatic carbocycles. The third kappa shape index (κ3) is 4.60. The predicted octanol–water partition coefficient (Wildman–Crippen LogP) is 2.41. The van der Waals surface area contributed by atoms with E-state index in [0.717, 1.165) is 24.7 Å². The quantitative estimate of drug-likeness (QED) is 0.433. The van der Waals surface area contributed by atoms with Crippen LogP contribution in [0.15, 0.2) is 5.10 Å². The SMILES string of the molecule is CC(C)C1CCCC(=NNC(N)=S)CC1. The molecule has 0 saturated heterocycles. The van der Waals surface area contributed by atoms with Gasteiger partial charge in [0.25, 0.3) is 0 Å². The van der Waals surface area contributed by atoms with Crippen molar-refractivity contribution in [1.82, 2.24) is 5.43 Å². The summed E-state index contributed by atoms with van der Waals surface area (Å²) in [5, 5.41) is 4.49. The Hall–Kier alpha value is -0.640. The van der Waals surface area contributed by atoms with Crippen LogP contribution in [-0.2, 0) is 0 Å². The summed E-state index contributed by atoms with van der Waals surface area (Å²) in [6.45, 7) is 4.61. The van der Waals surface area contributed by atoms with E-state index in [1.165, 1.54) is 25.0 Å². The van der Waals surface area contributed by atoms with Gasteiger partial charge >= 0.3 is 0 Å². The number of nitrogens with zero attached hydrogens (tertiary/aromatic N) is 1. The number of nitrogens with two attached hydrogens (primary N) is 1. The molecule has 3 N–H and O–H groups in total. The van der Waals surface area contributed by atoms with E-state index >= 15 is 0 Å². The van der Waals surface area contributed by atoms with Crippen LogP contribution in [0, 0.1) is 11.8 Å². The van der Waals surface area contributed by atoms with E-state index in [1.54, 1.807) is 0 Å². The maximum atomic E-state index is 5.34. The van der Waals surface area contributed by atoms with Gasteiger partial charge in [-0.3, -0.25) is 5.43 Å². The molecule has 0 aliphatic heterocycles. The molecule has 0 aromatic heterocycles. The molecule has 0 spiro atoms. The van der Waals surface area contributed by atoms with Gasteiger partial charge in [0.1, 0.15) is 0 Å². The van der Waals surface area contributed by atoms with Crippen molar-refractivity contribution in [2.45, 2.75) is 46.0 Å². The van der Waals surface area contributed by atoms with Crippen molar-refractivity contribution < 1.29 is 0 Å². The van der Waals surface area contributed by atoms with Gasteiger partial charge in [0.05, 0.1) is 0 Å². The van der Waals surface area contributed by atoms with Crippen LogP contribution in [0.5, 0.6) is 0 Å². The number of hydrazone groups is 1. The number of hydrogen-bond donors (Lipinski definition) is 2. The summed E-state index contributed by atoms with van der Waals surface area (Å²) in [5.41, 5.74) is 9.24. The highest BCUT2D eigenvalue weighted by Gasteiger charge is 2.18. The first kappa shape index (κ1) is 12.4. The third-order valence-electron chi connectivity index (χ3n) is 3.11. The Bertz CT molecular complexity index is 248. The molecule has 0 amide bonds. The Labute approximate surface area is 97.5 Å². The molecule has 1 rings (SSSR count). The lowest BCUT2D eigenvalue weighted by Gasteiger charge is -2.17. The van der Waals surface area contributed by atoms with Gasteiger partial charge < -0.3 is 5.73 Å². The minimum absolute atomic E-state index is 0.257. The highest BCUT2D eigenvalue weighted by molar-refractivity contribution is 7.80. The van der Waals surface area contributed by atoms with Gasteiger partial charge in [-0.25, -0.2) is 0 Å². The van der Waals surface area contributed by atoms with Crippen molar-refractivity contribution in [1.29, 1.82) is 0 Å². The lowest BCUT2D eigenvalue weighted by molar-refractivity contribution is 0.345. The average molecular weight is 227 g/mol. The minimum atomic E-state index is 0.257. The minimum Gasteiger partial charge on any atom is -0.375 e. The first-order valence-electron chi connectivity index (χ1n) is 5.70. The van der Waals surface area contributed by atoms with Gasteiger partial charge in [0.2, 0.25) is 0 Å². The van der Waals surface area contributed by atoms with Crippen LogP contribution >= 0.6 is 12.2 Å². The summed E-state index contributed by atoms with van der Waals surface area (Å²) in [4.78, 5) is 0. The maximum Gasteiger partial charge on any atom is 0.184 e. The Morgan fingerprint density at radius 2 is 2.20 bits per heavy atom. The Kier molecular flexibility index (Phi) is 5.02. The first-order valence-corrected chi connectivity index (χ1v) is 6.11. The number of thiocarbonyl (C=S) groups is 1. The molecule has 4 heteroatoms. The Balaban J connectivity index is 2.45. The van der Waals surface area contributed by atoms with Crippen LogP contribution in [0.25, 0.3) is 0 Å². The molecule has 1 saturated carbocycles. The molecule has 1 unspecified atom stereocenters. The second-order valence-electron chi connectivity index (χ2n) is 4.59. The van der Waals surface area contributed by atoms with Crippen LogP contribution in [0.4, 0.5) is 0 Å². The Morgan fingerprint density at radius 3 is 2.80 bits per heavy atom.